The lowest BCUT2D eigenvalue weighted by Gasteiger charge is -2.26. The van der Waals surface area contributed by atoms with Gasteiger partial charge in [0.25, 0.3) is 5.56 Å². The molecule has 0 radical (unpaired) electrons. The number of aromatic nitrogens is 2. The van der Waals surface area contributed by atoms with Crippen LogP contribution in [0.25, 0.3) is 0 Å². The number of aromatic amines is 1. The van der Waals surface area contributed by atoms with Crippen LogP contribution in [0.1, 0.15) is 29.0 Å². The van der Waals surface area contributed by atoms with Crippen LogP contribution in [0.5, 0.6) is 11.5 Å². The van der Waals surface area contributed by atoms with Gasteiger partial charge in [-0.1, -0.05) is 48.7 Å². The predicted octanol–water partition coefficient (Wildman–Crippen LogP) is 4.25. The minimum Gasteiger partial charge on any atom is -0.493 e. The first kappa shape index (κ1) is 22.6. The van der Waals surface area contributed by atoms with Crippen molar-refractivity contribution >= 4 is 23.5 Å². The highest BCUT2D eigenvalue weighted by Crippen LogP contribution is 2.42. The van der Waals surface area contributed by atoms with Gasteiger partial charge in [0, 0.05) is 23.7 Å². The molecule has 0 bridgehead atoms. The van der Waals surface area contributed by atoms with E-state index in [1.54, 1.807) is 30.3 Å². The van der Waals surface area contributed by atoms with Crippen molar-refractivity contribution in [3.8, 4) is 11.5 Å². The fourth-order valence-corrected chi connectivity index (χ4v) is 4.50. The zero-order valence-electron chi connectivity index (χ0n) is 17.9. The summed E-state index contributed by atoms with van der Waals surface area (Å²) in [6.45, 7) is 3.92. The molecule has 1 aromatic heterocycles. The molecule has 3 aromatic rings. The molecule has 0 spiro atoms. The van der Waals surface area contributed by atoms with Crippen LogP contribution in [0, 0.1) is 5.82 Å². The Morgan fingerprint density at radius 2 is 2.03 bits per heavy atom. The number of hydrogen-bond donors (Lipinski definition) is 2. The van der Waals surface area contributed by atoms with E-state index in [-0.39, 0.29) is 36.1 Å². The molecule has 2 heterocycles. The molecule has 1 atom stereocenters. The SMILES string of the molecule is C=CCOc1c(OC)cccc1[C@@H]1CC(=O)Nc2nc(SCc3ccc(F)cc3)[nH]c(=O)c21. The lowest BCUT2D eigenvalue weighted by Crippen LogP contribution is -2.31. The predicted molar refractivity (Wildman–Crippen MR) is 125 cm³/mol. The number of thioether (sulfide) groups is 1. The number of methoxy groups -OCH3 is 1. The number of carbonyl (C=O) groups is 1. The van der Waals surface area contributed by atoms with Crippen molar-refractivity contribution in [2.45, 2.75) is 23.2 Å². The van der Waals surface area contributed by atoms with Gasteiger partial charge in [0.15, 0.2) is 16.7 Å². The van der Waals surface area contributed by atoms with Crippen molar-refractivity contribution in [3.05, 3.63) is 88.0 Å². The van der Waals surface area contributed by atoms with Gasteiger partial charge < -0.3 is 19.8 Å². The van der Waals surface area contributed by atoms with Crippen molar-refractivity contribution in [1.29, 1.82) is 0 Å². The number of benzene rings is 2. The maximum atomic E-state index is 13.1. The summed E-state index contributed by atoms with van der Waals surface area (Å²) >= 11 is 1.29. The maximum absolute atomic E-state index is 13.1. The van der Waals surface area contributed by atoms with Crippen LogP contribution in [-0.2, 0) is 10.5 Å². The van der Waals surface area contributed by atoms with Gasteiger partial charge in [-0.15, -0.1) is 0 Å². The topological polar surface area (TPSA) is 93.3 Å². The lowest BCUT2D eigenvalue weighted by molar-refractivity contribution is -0.116. The third kappa shape index (κ3) is 4.93. The highest BCUT2D eigenvalue weighted by Gasteiger charge is 2.33. The molecular weight excluding hydrogens is 445 g/mol. The third-order valence-electron chi connectivity index (χ3n) is 5.17. The molecule has 1 amide bonds. The first-order chi connectivity index (χ1) is 16.0. The summed E-state index contributed by atoms with van der Waals surface area (Å²) in [7, 11) is 1.53. The smallest absolute Gasteiger partial charge is 0.257 e. The maximum Gasteiger partial charge on any atom is 0.257 e. The van der Waals surface area contributed by atoms with Crippen molar-refractivity contribution in [1.82, 2.24) is 9.97 Å². The van der Waals surface area contributed by atoms with E-state index in [9.17, 15) is 14.0 Å². The summed E-state index contributed by atoms with van der Waals surface area (Å²) in [5.41, 5.74) is 1.55. The number of amides is 1. The molecule has 0 fully saturated rings. The van der Waals surface area contributed by atoms with Crippen LogP contribution >= 0.6 is 11.8 Å². The fourth-order valence-electron chi connectivity index (χ4n) is 3.68. The van der Waals surface area contributed by atoms with Gasteiger partial charge in [0.05, 0.1) is 12.7 Å². The van der Waals surface area contributed by atoms with Crippen molar-refractivity contribution in [2.75, 3.05) is 19.0 Å². The summed E-state index contributed by atoms with van der Waals surface area (Å²) in [5, 5.41) is 3.08. The van der Waals surface area contributed by atoms with E-state index in [0.717, 1.165) is 5.56 Å². The second-order valence-corrected chi connectivity index (χ2v) is 8.30. The number of anilines is 1. The average molecular weight is 468 g/mol. The Balaban J connectivity index is 1.70. The number of ether oxygens (including phenoxy) is 2. The van der Waals surface area contributed by atoms with E-state index in [1.807, 2.05) is 6.07 Å². The van der Waals surface area contributed by atoms with E-state index in [2.05, 4.69) is 21.9 Å². The molecule has 0 unspecified atom stereocenters. The van der Waals surface area contributed by atoms with Gasteiger partial charge in [-0.25, -0.2) is 9.37 Å². The van der Waals surface area contributed by atoms with E-state index in [1.165, 1.54) is 31.0 Å². The Morgan fingerprint density at radius 3 is 2.76 bits per heavy atom. The highest BCUT2D eigenvalue weighted by molar-refractivity contribution is 7.98. The number of fused-ring (bicyclic) bond motifs is 1. The molecule has 2 aromatic carbocycles. The molecule has 1 aliphatic heterocycles. The number of para-hydroxylation sites is 1. The van der Waals surface area contributed by atoms with Gasteiger partial charge >= 0.3 is 0 Å². The average Bonchev–Trinajstić information content (AvgIpc) is 2.81. The fraction of sp³-hybridized carbons (Fsp3) is 0.208. The summed E-state index contributed by atoms with van der Waals surface area (Å²) < 4.78 is 24.4. The van der Waals surface area contributed by atoms with E-state index in [0.29, 0.717) is 33.5 Å². The Morgan fingerprint density at radius 1 is 1.24 bits per heavy atom. The van der Waals surface area contributed by atoms with Crippen LogP contribution in [-0.4, -0.2) is 29.6 Å². The largest absolute Gasteiger partial charge is 0.493 e. The Bertz CT molecular complexity index is 1240. The number of nitrogens with zero attached hydrogens (tertiary/aromatic N) is 1. The number of halogens is 1. The highest BCUT2D eigenvalue weighted by atomic mass is 32.2. The van der Waals surface area contributed by atoms with E-state index >= 15 is 0 Å². The third-order valence-corrected chi connectivity index (χ3v) is 6.11. The number of hydrogen-bond acceptors (Lipinski definition) is 6. The summed E-state index contributed by atoms with van der Waals surface area (Å²) in [5.74, 6) is 0.534. The Labute approximate surface area is 194 Å². The molecular formula is C24H22FN3O4S. The lowest BCUT2D eigenvalue weighted by atomic mass is 9.86. The summed E-state index contributed by atoms with van der Waals surface area (Å²) in [4.78, 5) is 32.9. The molecule has 0 aliphatic carbocycles. The molecule has 33 heavy (non-hydrogen) atoms. The first-order valence-electron chi connectivity index (χ1n) is 10.2. The Hall–Kier alpha value is -3.59. The van der Waals surface area contributed by atoms with Crippen LogP contribution in [0.2, 0.25) is 0 Å². The number of carbonyl (C=O) groups excluding carboxylic acids is 1. The summed E-state index contributed by atoms with van der Waals surface area (Å²) in [6, 6.07) is 11.5. The minimum absolute atomic E-state index is 0.0669. The van der Waals surface area contributed by atoms with Gasteiger partial charge in [-0.05, 0) is 23.8 Å². The van der Waals surface area contributed by atoms with Crippen LogP contribution in [0.4, 0.5) is 10.2 Å². The number of nitrogens with one attached hydrogen (secondary N) is 2. The minimum atomic E-state index is -0.559. The second-order valence-electron chi connectivity index (χ2n) is 7.33. The normalized spacial score (nSPS) is 14.8. The quantitative estimate of drug-likeness (QED) is 0.292. The van der Waals surface area contributed by atoms with Crippen LogP contribution < -0.4 is 20.3 Å². The standard InChI is InChI=1S/C24H22FN3O4S/c1-3-11-32-21-16(5-4-6-18(21)31-2)17-12-19(29)26-22-20(17)23(30)28-24(27-22)33-13-14-7-9-15(25)10-8-14/h3-10,17H,1,11-13H2,2H3,(H2,26,27,28,29,30)/t17-/m0/s1. The molecule has 0 saturated carbocycles. The van der Waals surface area contributed by atoms with E-state index < -0.39 is 5.92 Å². The zero-order valence-corrected chi connectivity index (χ0v) is 18.7. The first-order valence-corrected chi connectivity index (χ1v) is 11.2. The molecule has 170 valence electrons. The molecule has 9 heteroatoms. The van der Waals surface area contributed by atoms with Crippen LogP contribution in [0.15, 0.2) is 65.1 Å². The van der Waals surface area contributed by atoms with Crippen molar-refractivity contribution in [3.63, 3.8) is 0 Å². The van der Waals surface area contributed by atoms with Gasteiger partial charge in [0.2, 0.25) is 5.91 Å². The monoisotopic (exact) mass is 467 g/mol. The zero-order chi connectivity index (χ0) is 23.4. The number of rotatable bonds is 8. The van der Waals surface area contributed by atoms with Crippen molar-refractivity contribution in [2.24, 2.45) is 0 Å². The molecule has 0 saturated heterocycles. The van der Waals surface area contributed by atoms with Crippen molar-refractivity contribution < 1.29 is 18.7 Å². The molecule has 2 N–H and O–H groups in total. The Kier molecular flexibility index (Phi) is 6.79. The molecule has 4 rings (SSSR count). The second kappa shape index (κ2) is 9.91. The van der Waals surface area contributed by atoms with Gasteiger partial charge in [-0.3, -0.25) is 9.59 Å². The molecule has 1 aliphatic rings. The van der Waals surface area contributed by atoms with Crippen LogP contribution in [0.3, 0.4) is 0 Å². The van der Waals surface area contributed by atoms with E-state index in [4.69, 9.17) is 9.47 Å². The number of H-pyrrole nitrogens is 1. The molecule has 7 nitrogen and oxygen atoms in total. The van der Waals surface area contributed by atoms with Gasteiger partial charge in [-0.2, -0.15) is 0 Å². The summed E-state index contributed by atoms with van der Waals surface area (Å²) in [6.07, 6.45) is 1.67. The van der Waals surface area contributed by atoms with Gasteiger partial charge in [0.1, 0.15) is 18.2 Å².